The van der Waals surface area contributed by atoms with Gasteiger partial charge in [0.25, 0.3) is 5.91 Å². The van der Waals surface area contributed by atoms with Gasteiger partial charge in [-0.1, -0.05) is 30.9 Å². The fourth-order valence-corrected chi connectivity index (χ4v) is 3.98. The number of amides is 1. The molecule has 1 saturated carbocycles. The number of likely N-dealkylation sites (N-methyl/N-ethyl adjacent to an activating group) is 1. The normalized spacial score (nSPS) is 22.2. The molecule has 1 amide bonds. The highest BCUT2D eigenvalue weighted by Gasteiger charge is 2.21. The van der Waals surface area contributed by atoms with E-state index < -0.39 is 0 Å². The van der Waals surface area contributed by atoms with E-state index in [1.165, 1.54) is 19.3 Å². The maximum Gasteiger partial charge on any atom is 0.258 e. The van der Waals surface area contributed by atoms with Crippen molar-refractivity contribution in [2.24, 2.45) is 0 Å². The Kier molecular flexibility index (Phi) is 7.17. The van der Waals surface area contributed by atoms with Crippen LogP contribution in [0.4, 0.5) is 0 Å². The quantitative estimate of drug-likeness (QED) is 0.823. The molecule has 1 aliphatic heterocycles. The third kappa shape index (κ3) is 5.60. The van der Waals surface area contributed by atoms with Gasteiger partial charge in [0.2, 0.25) is 0 Å². The SMILES string of the molecule is CN1CCOC(CNC(=O)COc2ccc(Cl)cc2C2CCCCC2)C1. The molecule has 3 rings (SSSR count). The molecule has 0 spiro atoms. The number of carbonyl (C=O) groups is 1. The first-order chi connectivity index (χ1) is 12.6. The lowest BCUT2D eigenvalue weighted by atomic mass is 9.84. The first kappa shape index (κ1) is 19.5. The van der Waals surface area contributed by atoms with Crippen LogP contribution in [0.5, 0.6) is 5.75 Å². The van der Waals surface area contributed by atoms with Crippen LogP contribution in [0.15, 0.2) is 18.2 Å². The minimum Gasteiger partial charge on any atom is -0.483 e. The van der Waals surface area contributed by atoms with Crippen LogP contribution in [-0.2, 0) is 9.53 Å². The average molecular weight is 381 g/mol. The van der Waals surface area contributed by atoms with Crippen molar-refractivity contribution in [3.8, 4) is 5.75 Å². The van der Waals surface area contributed by atoms with Gasteiger partial charge in [-0.05, 0) is 49.6 Å². The van der Waals surface area contributed by atoms with E-state index in [0.29, 0.717) is 19.1 Å². The largest absolute Gasteiger partial charge is 0.483 e. The number of hydrogen-bond acceptors (Lipinski definition) is 4. The first-order valence-corrected chi connectivity index (χ1v) is 9.98. The number of nitrogens with zero attached hydrogens (tertiary/aromatic N) is 1. The highest BCUT2D eigenvalue weighted by Crippen LogP contribution is 2.38. The summed E-state index contributed by atoms with van der Waals surface area (Å²) in [5.41, 5.74) is 1.14. The van der Waals surface area contributed by atoms with E-state index >= 15 is 0 Å². The highest BCUT2D eigenvalue weighted by atomic mass is 35.5. The molecule has 1 saturated heterocycles. The smallest absolute Gasteiger partial charge is 0.258 e. The molecule has 1 heterocycles. The second-order valence-electron chi connectivity index (χ2n) is 7.36. The van der Waals surface area contributed by atoms with E-state index in [1.807, 2.05) is 18.2 Å². The van der Waals surface area contributed by atoms with Gasteiger partial charge in [0.1, 0.15) is 5.75 Å². The lowest BCUT2D eigenvalue weighted by molar-refractivity contribution is -0.124. The Morgan fingerprint density at radius 3 is 2.92 bits per heavy atom. The first-order valence-electron chi connectivity index (χ1n) is 9.61. The van der Waals surface area contributed by atoms with Crippen molar-refractivity contribution in [1.29, 1.82) is 0 Å². The van der Waals surface area contributed by atoms with E-state index in [-0.39, 0.29) is 18.6 Å². The van der Waals surface area contributed by atoms with Crippen LogP contribution in [-0.4, -0.2) is 56.8 Å². The minimum absolute atomic E-state index is 0.0178. The fourth-order valence-electron chi connectivity index (χ4n) is 3.80. The number of ether oxygens (including phenoxy) is 2. The van der Waals surface area contributed by atoms with Crippen molar-refractivity contribution in [1.82, 2.24) is 10.2 Å². The second-order valence-corrected chi connectivity index (χ2v) is 7.80. The summed E-state index contributed by atoms with van der Waals surface area (Å²) in [5, 5.41) is 3.63. The number of halogens is 1. The van der Waals surface area contributed by atoms with Gasteiger partial charge in [-0.3, -0.25) is 4.79 Å². The summed E-state index contributed by atoms with van der Waals surface area (Å²) in [6.45, 7) is 3.02. The van der Waals surface area contributed by atoms with E-state index in [2.05, 4.69) is 17.3 Å². The van der Waals surface area contributed by atoms with Crippen LogP contribution in [0.1, 0.15) is 43.6 Å². The topological polar surface area (TPSA) is 50.8 Å². The van der Waals surface area contributed by atoms with Gasteiger partial charge in [0.05, 0.1) is 12.7 Å². The summed E-state index contributed by atoms with van der Waals surface area (Å²) < 4.78 is 11.5. The minimum atomic E-state index is -0.119. The summed E-state index contributed by atoms with van der Waals surface area (Å²) in [6, 6.07) is 5.71. The van der Waals surface area contributed by atoms with Gasteiger partial charge in [-0.2, -0.15) is 0 Å². The molecular weight excluding hydrogens is 352 g/mol. The van der Waals surface area contributed by atoms with E-state index in [1.54, 1.807) is 0 Å². The molecule has 0 bridgehead atoms. The monoisotopic (exact) mass is 380 g/mol. The van der Waals surface area contributed by atoms with Crippen LogP contribution < -0.4 is 10.1 Å². The Labute approximate surface area is 161 Å². The lowest BCUT2D eigenvalue weighted by Gasteiger charge is -2.30. The lowest BCUT2D eigenvalue weighted by Crippen LogP contribution is -2.46. The zero-order valence-corrected chi connectivity index (χ0v) is 16.3. The van der Waals surface area contributed by atoms with Gasteiger partial charge >= 0.3 is 0 Å². The number of rotatable bonds is 6. The summed E-state index contributed by atoms with van der Waals surface area (Å²) in [5.74, 6) is 1.14. The van der Waals surface area contributed by atoms with Crippen molar-refractivity contribution in [3.05, 3.63) is 28.8 Å². The van der Waals surface area contributed by atoms with Gasteiger partial charge in [0, 0.05) is 24.7 Å². The number of morpholine rings is 1. The number of benzene rings is 1. The molecule has 0 aromatic heterocycles. The zero-order valence-electron chi connectivity index (χ0n) is 15.5. The molecular formula is C20H29ClN2O3. The molecule has 1 N–H and O–H groups in total. The molecule has 0 radical (unpaired) electrons. The van der Waals surface area contributed by atoms with Crippen molar-refractivity contribution in [2.75, 3.05) is 39.9 Å². The zero-order chi connectivity index (χ0) is 18.4. The summed E-state index contributed by atoms with van der Waals surface area (Å²) in [6.07, 6.45) is 6.16. The molecule has 6 heteroatoms. The molecule has 1 atom stereocenters. The van der Waals surface area contributed by atoms with Crippen molar-refractivity contribution in [2.45, 2.75) is 44.1 Å². The van der Waals surface area contributed by atoms with E-state index in [0.717, 1.165) is 42.3 Å². The van der Waals surface area contributed by atoms with E-state index in [9.17, 15) is 4.79 Å². The van der Waals surface area contributed by atoms with Gasteiger partial charge < -0.3 is 19.7 Å². The van der Waals surface area contributed by atoms with Gasteiger partial charge in [-0.15, -0.1) is 0 Å². The Bertz CT molecular complexity index is 605. The fraction of sp³-hybridized carbons (Fsp3) is 0.650. The van der Waals surface area contributed by atoms with Gasteiger partial charge in [0.15, 0.2) is 6.61 Å². The Morgan fingerprint density at radius 2 is 2.15 bits per heavy atom. The molecule has 2 fully saturated rings. The Morgan fingerprint density at radius 1 is 1.35 bits per heavy atom. The third-order valence-electron chi connectivity index (χ3n) is 5.24. The molecule has 1 aromatic rings. The van der Waals surface area contributed by atoms with Crippen molar-refractivity contribution in [3.63, 3.8) is 0 Å². The standard InChI is InChI=1S/C20H29ClN2O3/c1-23-9-10-25-17(13-23)12-22-20(24)14-26-19-8-7-16(21)11-18(19)15-5-3-2-4-6-15/h7-8,11,15,17H,2-6,9-10,12-14H2,1H3,(H,22,24). The summed E-state index contributed by atoms with van der Waals surface area (Å²) in [7, 11) is 2.06. The number of carbonyl (C=O) groups excluding carboxylic acids is 1. The number of hydrogen-bond donors (Lipinski definition) is 1. The van der Waals surface area contributed by atoms with Gasteiger partial charge in [-0.25, -0.2) is 0 Å². The second kappa shape index (κ2) is 9.58. The van der Waals surface area contributed by atoms with Crippen LogP contribution in [0.3, 0.4) is 0 Å². The van der Waals surface area contributed by atoms with Crippen LogP contribution in [0.2, 0.25) is 5.02 Å². The van der Waals surface area contributed by atoms with Crippen LogP contribution in [0, 0.1) is 0 Å². The molecule has 2 aliphatic rings. The maximum absolute atomic E-state index is 12.2. The molecule has 1 aliphatic carbocycles. The summed E-state index contributed by atoms with van der Waals surface area (Å²) in [4.78, 5) is 14.4. The number of nitrogens with one attached hydrogen (secondary N) is 1. The molecule has 1 unspecified atom stereocenters. The predicted octanol–water partition coefficient (Wildman–Crippen LogP) is 3.21. The van der Waals surface area contributed by atoms with Crippen molar-refractivity contribution < 1.29 is 14.3 Å². The predicted molar refractivity (Wildman–Crippen MR) is 103 cm³/mol. The molecule has 144 valence electrons. The van der Waals surface area contributed by atoms with E-state index in [4.69, 9.17) is 21.1 Å². The van der Waals surface area contributed by atoms with Crippen molar-refractivity contribution >= 4 is 17.5 Å². The highest BCUT2D eigenvalue weighted by molar-refractivity contribution is 6.30. The molecule has 1 aromatic carbocycles. The molecule has 26 heavy (non-hydrogen) atoms. The van der Waals surface area contributed by atoms with Crippen LogP contribution >= 0.6 is 11.6 Å². The average Bonchev–Trinajstić information content (AvgIpc) is 2.66. The maximum atomic E-state index is 12.2. The third-order valence-corrected chi connectivity index (χ3v) is 5.48. The Balaban J connectivity index is 1.51. The van der Waals surface area contributed by atoms with Crippen LogP contribution in [0.25, 0.3) is 0 Å². The Hall–Kier alpha value is -1.30. The molecule has 5 nitrogen and oxygen atoms in total. The summed E-state index contributed by atoms with van der Waals surface area (Å²) >= 11 is 6.19.